The number of nitrogens with one attached hydrogen (secondary N) is 1. The van der Waals surface area contributed by atoms with Gasteiger partial charge in [-0.3, -0.25) is 14.4 Å². The van der Waals surface area contributed by atoms with Gasteiger partial charge < -0.3 is 24.3 Å². The molecule has 1 heterocycles. The number of alkyl halides is 3. The van der Waals surface area contributed by atoms with E-state index in [2.05, 4.69) is 5.32 Å². The molecule has 3 aromatic rings. The Balaban J connectivity index is 2.18. The van der Waals surface area contributed by atoms with Crippen molar-refractivity contribution in [3.63, 3.8) is 0 Å². The second kappa shape index (κ2) is 16.5. The first kappa shape index (κ1) is 39.3. The van der Waals surface area contributed by atoms with Crippen molar-refractivity contribution in [1.29, 1.82) is 0 Å². The lowest BCUT2D eigenvalue weighted by atomic mass is 9.90. The third-order valence-corrected chi connectivity index (χ3v) is 8.31. The molecule has 0 aliphatic heterocycles. The van der Waals surface area contributed by atoms with E-state index in [1.54, 1.807) is 52.1 Å². The Morgan fingerprint density at radius 2 is 1.63 bits per heavy atom. The zero-order valence-corrected chi connectivity index (χ0v) is 29.7. The number of rotatable bonds is 14. The van der Waals surface area contributed by atoms with Crippen LogP contribution in [0.3, 0.4) is 0 Å². The molecule has 1 amide bonds. The molecule has 3 rings (SSSR count). The smallest absolute Gasteiger partial charge is 0.416 e. The first-order chi connectivity index (χ1) is 22.9. The summed E-state index contributed by atoms with van der Waals surface area (Å²) >= 11 is 0. The number of ether oxygens (including phenoxy) is 2. The van der Waals surface area contributed by atoms with Gasteiger partial charge in [-0.05, 0) is 118 Å². The number of aryl methyl sites for hydroxylation is 3. The van der Waals surface area contributed by atoms with Crippen molar-refractivity contribution >= 4 is 11.9 Å². The number of hydrogen-bond donors (Lipinski definition) is 1. The molecule has 49 heavy (non-hydrogen) atoms. The highest BCUT2D eigenvalue weighted by molar-refractivity contribution is 5.82. The normalized spacial score (nSPS) is 13.0. The van der Waals surface area contributed by atoms with Crippen molar-refractivity contribution in [2.45, 2.75) is 79.1 Å². The summed E-state index contributed by atoms with van der Waals surface area (Å²) in [5.74, 6) is -1.58. The fourth-order valence-electron chi connectivity index (χ4n) is 6.02. The Bertz CT molecular complexity index is 1690. The van der Waals surface area contributed by atoms with E-state index < -0.39 is 53.5 Å². The largest absolute Gasteiger partial charge is 0.497 e. The lowest BCUT2D eigenvalue weighted by Crippen LogP contribution is -2.41. The summed E-state index contributed by atoms with van der Waals surface area (Å²) in [6, 6.07) is 5.01. The number of carbonyl (C=O) groups is 2. The fraction of sp³-hybridized carbons (Fsp3) is 0.486. The van der Waals surface area contributed by atoms with Gasteiger partial charge in [0.05, 0.1) is 31.7 Å². The van der Waals surface area contributed by atoms with E-state index in [0.717, 1.165) is 27.5 Å². The Kier molecular flexibility index (Phi) is 13.2. The molecule has 1 unspecified atom stereocenters. The number of methoxy groups -OCH3 is 1. The van der Waals surface area contributed by atoms with Crippen molar-refractivity contribution in [3.8, 4) is 16.9 Å². The van der Waals surface area contributed by atoms with Crippen LogP contribution in [0, 0.1) is 32.5 Å². The Morgan fingerprint density at radius 3 is 2.16 bits per heavy atom. The molecule has 2 aromatic carbocycles. The van der Waals surface area contributed by atoms with E-state index in [1.165, 1.54) is 0 Å². The highest BCUT2D eigenvalue weighted by Crippen LogP contribution is 2.36. The number of esters is 1. The lowest BCUT2D eigenvalue weighted by Gasteiger charge is -2.27. The maximum Gasteiger partial charge on any atom is 0.416 e. The summed E-state index contributed by atoms with van der Waals surface area (Å²) in [6.45, 7) is 10.9. The number of nitrogens with zero attached hydrogens (tertiary/aromatic N) is 2. The number of aromatic nitrogens is 1. The number of benzene rings is 2. The fourth-order valence-corrected chi connectivity index (χ4v) is 6.02. The van der Waals surface area contributed by atoms with Crippen molar-refractivity contribution in [1.82, 2.24) is 14.8 Å². The van der Waals surface area contributed by atoms with Crippen molar-refractivity contribution in [3.05, 3.63) is 86.1 Å². The number of carbonyl (C=O) groups excluding carboxylic acids is 2. The van der Waals surface area contributed by atoms with Gasteiger partial charge in [-0.15, -0.1) is 0 Å². The summed E-state index contributed by atoms with van der Waals surface area (Å²) in [5, 5.41) is 2.77. The van der Waals surface area contributed by atoms with Gasteiger partial charge in [0.15, 0.2) is 0 Å². The minimum absolute atomic E-state index is 0.0227. The molecule has 0 saturated heterocycles. The van der Waals surface area contributed by atoms with Crippen molar-refractivity contribution in [2.75, 3.05) is 34.4 Å². The van der Waals surface area contributed by atoms with E-state index in [0.29, 0.717) is 17.4 Å². The van der Waals surface area contributed by atoms with Gasteiger partial charge in [0.2, 0.25) is 5.91 Å². The van der Waals surface area contributed by atoms with Crippen molar-refractivity contribution < 1.29 is 36.6 Å². The van der Waals surface area contributed by atoms with E-state index in [-0.39, 0.29) is 48.6 Å². The zero-order valence-electron chi connectivity index (χ0n) is 29.7. The molecule has 268 valence electrons. The number of amides is 1. The molecule has 1 aromatic heterocycles. The van der Waals surface area contributed by atoms with Crippen molar-refractivity contribution in [2.24, 2.45) is 5.92 Å². The summed E-state index contributed by atoms with van der Waals surface area (Å²) in [7, 11) is 5.00. The molecule has 0 fully saturated rings. The van der Waals surface area contributed by atoms with E-state index >= 15 is 4.39 Å². The van der Waals surface area contributed by atoms with Gasteiger partial charge >= 0.3 is 12.1 Å². The SMILES string of the molecule is CCOC(=O)C[C@H](NC(=O)C(CC(C)C)n1cc(CCN(C)C)c(C(F)(F)F)cc1=O)c1cc(-c2c(C)cc(OC)cc2C)cc(C)c1F. The molecule has 0 aliphatic carbocycles. The van der Waals surface area contributed by atoms with Crippen LogP contribution in [0.5, 0.6) is 5.75 Å². The minimum atomic E-state index is -4.78. The summed E-state index contributed by atoms with van der Waals surface area (Å²) in [5.41, 5.74) is 1.31. The quantitative estimate of drug-likeness (QED) is 0.143. The van der Waals surface area contributed by atoms with Crippen LogP contribution < -0.4 is 15.6 Å². The van der Waals surface area contributed by atoms with Crippen LogP contribution in [-0.4, -0.2) is 55.7 Å². The molecule has 0 saturated carbocycles. The molecule has 12 heteroatoms. The van der Waals surface area contributed by atoms with Crippen LogP contribution >= 0.6 is 0 Å². The van der Waals surface area contributed by atoms with Gasteiger partial charge in [-0.25, -0.2) is 4.39 Å². The Hall–Kier alpha value is -4.19. The van der Waals surface area contributed by atoms with Crippen LogP contribution in [0.4, 0.5) is 17.6 Å². The second-order valence-corrected chi connectivity index (χ2v) is 13.1. The van der Waals surface area contributed by atoms with E-state index in [4.69, 9.17) is 9.47 Å². The maximum atomic E-state index is 16.0. The van der Waals surface area contributed by atoms with Gasteiger partial charge in [0, 0.05) is 24.4 Å². The summed E-state index contributed by atoms with van der Waals surface area (Å²) in [4.78, 5) is 42.0. The molecular weight excluding hydrogens is 642 g/mol. The minimum Gasteiger partial charge on any atom is -0.497 e. The molecule has 0 radical (unpaired) electrons. The molecule has 1 N–H and O–H groups in total. The second-order valence-electron chi connectivity index (χ2n) is 13.1. The van der Waals surface area contributed by atoms with E-state index in [9.17, 15) is 27.6 Å². The third-order valence-electron chi connectivity index (χ3n) is 8.31. The van der Waals surface area contributed by atoms with Crippen LogP contribution in [0.15, 0.2) is 41.3 Å². The predicted octanol–water partition coefficient (Wildman–Crippen LogP) is 7.11. The van der Waals surface area contributed by atoms with Crippen LogP contribution in [0.1, 0.15) is 79.1 Å². The van der Waals surface area contributed by atoms with Crippen LogP contribution in [-0.2, 0) is 26.9 Å². The number of hydrogen-bond acceptors (Lipinski definition) is 6. The monoisotopic (exact) mass is 689 g/mol. The Morgan fingerprint density at radius 1 is 1.00 bits per heavy atom. The van der Waals surface area contributed by atoms with Crippen LogP contribution in [0.2, 0.25) is 0 Å². The topological polar surface area (TPSA) is 89.9 Å². The average Bonchev–Trinajstić information content (AvgIpc) is 2.99. The number of halogens is 4. The zero-order chi connectivity index (χ0) is 36.8. The predicted molar refractivity (Wildman–Crippen MR) is 181 cm³/mol. The van der Waals surface area contributed by atoms with Gasteiger partial charge in [-0.1, -0.05) is 13.8 Å². The van der Waals surface area contributed by atoms with Gasteiger partial charge in [0.25, 0.3) is 5.56 Å². The maximum absolute atomic E-state index is 16.0. The molecule has 0 bridgehead atoms. The number of likely N-dealkylation sites (N-methyl/N-ethyl adjacent to an activating group) is 1. The standard InChI is InChI=1S/C37H47F4N3O5/c1-10-49-33(46)19-30(28-17-26(14-24(6)35(28)38)34-22(4)15-27(48-9)16-23(34)5)42-36(47)31(13-21(2)3)44-20-25(11-12-43(7)8)29(18-32(44)45)37(39,40)41/h14-18,20-21,30-31H,10-13,19H2,1-9H3,(H,42,47)/t30-,31?/m0/s1. The molecule has 2 atom stereocenters. The molecular formula is C37H47F4N3O5. The first-order valence-electron chi connectivity index (χ1n) is 16.3. The average molecular weight is 690 g/mol. The highest BCUT2D eigenvalue weighted by atomic mass is 19.4. The highest BCUT2D eigenvalue weighted by Gasteiger charge is 2.36. The van der Waals surface area contributed by atoms with E-state index in [1.807, 2.05) is 39.8 Å². The summed E-state index contributed by atoms with van der Waals surface area (Å²) in [6.07, 6.45) is -4.04. The third kappa shape index (κ3) is 9.93. The number of pyridine rings is 1. The van der Waals surface area contributed by atoms with Crippen LogP contribution in [0.25, 0.3) is 11.1 Å². The first-order valence-corrected chi connectivity index (χ1v) is 16.3. The van der Waals surface area contributed by atoms with Gasteiger partial charge in [0.1, 0.15) is 17.6 Å². The Labute approximate surface area is 285 Å². The molecule has 0 spiro atoms. The lowest BCUT2D eigenvalue weighted by molar-refractivity contribution is -0.144. The van der Waals surface area contributed by atoms with Gasteiger partial charge in [-0.2, -0.15) is 13.2 Å². The molecule has 8 nitrogen and oxygen atoms in total. The molecule has 0 aliphatic rings. The summed E-state index contributed by atoms with van der Waals surface area (Å²) < 4.78 is 69.5.